The predicted molar refractivity (Wildman–Crippen MR) is 112 cm³/mol. The molecule has 1 aliphatic carbocycles. The van der Waals surface area contributed by atoms with Crippen LogP contribution in [0, 0.1) is 16.7 Å². The number of nitriles is 1. The second-order valence-corrected chi connectivity index (χ2v) is 7.44. The molecule has 1 aliphatic rings. The van der Waals surface area contributed by atoms with Gasteiger partial charge in [-0.3, -0.25) is 5.41 Å². The predicted octanol–water partition coefficient (Wildman–Crippen LogP) is 3.53. The van der Waals surface area contributed by atoms with E-state index < -0.39 is 0 Å². The van der Waals surface area contributed by atoms with Gasteiger partial charge in [0, 0.05) is 11.1 Å². The molecule has 4 rings (SSSR count). The number of aromatic nitrogens is 2. The highest BCUT2D eigenvalue weighted by atomic mass is 16.5. The molecule has 4 N–H and O–H groups in total. The van der Waals surface area contributed by atoms with Crippen molar-refractivity contribution in [1.82, 2.24) is 15.5 Å². The molecule has 1 unspecified atom stereocenters. The fraction of sp³-hybridized carbons (Fsp3) is 0.273. The lowest BCUT2D eigenvalue weighted by molar-refractivity contribution is 0.241. The van der Waals surface area contributed by atoms with Crippen molar-refractivity contribution in [3.8, 4) is 34.7 Å². The molecule has 3 aromatic rings. The summed E-state index contributed by atoms with van der Waals surface area (Å²) < 4.78 is 11.2. The highest BCUT2D eigenvalue weighted by molar-refractivity contribution is 5.75. The SMILES string of the molecule is CC(C)Oc1ccc(-c2nc(-c3cccc4c3CCC4NC(=N)N)no2)cc1C#N. The van der Waals surface area contributed by atoms with E-state index in [0.29, 0.717) is 28.6 Å². The summed E-state index contributed by atoms with van der Waals surface area (Å²) in [6.07, 6.45) is 1.65. The van der Waals surface area contributed by atoms with E-state index in [1.54, 1.807) is 18.2 Å². The number of hydrogen-bond acceptors (Lipinski definition) is 6. The van der Waals surface area contributed by atoms with Crippen LogP contribution in [-0.2, 0) is 6.42 Å². The Kier molecular flexibility index (Phi) is 5.11. The van der Waals surface area contributed by atoms with E-state index >= 15 is 0 Å². The van der Waals surface area contributed by atoms with Crippen LogP contribution in [0.3, 0.4) is 0 Å². The van der Waals surface area contributed by atoms with E-state index in [0.717, 1.165) is 29.5 Å². The standard InChI is InChI=1S/C22H22N6O2/c1-12(2)29-19-9-6-13(10-14(19)11-23)21-27-20(28-30-21)17-5-3-4-16-15(17)7-8-18(16)26-22(24)25/h3-6,9-10,12,18H,7-8H2,1-2H3,(H4,24,25,26). The third-order valence-corrected chi connectivity index (χ3v) is 4.98. The van der Waals surface area contributed by atoms with E-state index in [9.17, 15) is 5.26 Å². The lowest BCUT2D eigenvalue weighted by Crippen LogP contribution is -2.32. The summed E-state index contributed by atoms with van der Waals surface area (Å²) in [7, 11) is 0. The first-order valence-electron chi connectivity index (χ1n) is 9.74. The Morgan fingerprint density at radius 3 is 2.93 bits per heavy atom. The van der Waals surface area contributed by atoms with E-state index in [4.69, 9.17) is 20.4 Å². The molecule has 0 saturated heterocycles. The molecule has 2 aromatic carbocycles. The first-order valence-corrected chi connectivity index (χ1v) is 9.74. The molecule has 0 fully saturated rings. The average molecular weight is 402 g/mol. The number of fused-ring (bicyclic) bond motifs is 1. The molecule has 0 aliphatic heterocycles. The minimum absolute atomic E-state index is 0.00973. The number of hydrogen-bond donors (Lipinski definition) is 3. The number of guanidine groups is 1. The van der Waals surface area contributed by atoms with Gasteiger partial charge in [0.2, 0.25) is 5.82 Å². The minimum Gasteiger partial charge on any atom is -0.490 e. The van der Waals surface area contributed by atoms with Crippen LogP contribution in [0.25, 0.3) is 22.8 Å². The van der Waals surface area contributed by atoms with Gasteiger partial charge in [0.15, 0.2) is 5.96 Å². The maximum absolute atomic E-state index is 9.45. The molecule has 8 nitrogen and oxygen atoms in total. The second kappa shape index (κ2) is 7.87. The smallest absolute Gasteiger partial charge is 0.258 e. The molecule has 1 aromatic heterocycles. The van der Waals surface area contributed by atoms with Crippen LogP contribution in [0.4, 0.5) is 0 Å². The molecule has 0 spiro atoms. The minimum atomic E-state index is -0.0432. The summed E-state index contributed by atoms with van der Waals surface area (Å²) in [5.41, 5.74) is 9.70. The molecule has 1 heterocycles. The zero-order valence-corrected chi connectivity index (χ0v) is 16.8. The van der Waals surface area contributed by atoms with Crippen molar-refractivity contribution in [1.29, 1.82) is 10.7 Å². The van der Waals surface area contributed by atoms with Crippen LogP contribution in [0.15, 0.2) is 40.9 Å². The highest BCUT2D eigenvalue weighted by Gasteiger charge is 2.26. The lowest BCUT2D eigenvalue weighted by Gasteiger charge is -2.13. The van der Waals surface area contributed by atoms with Crippen LogP contribution in [0.1, 0.15) is 43.0 Å². The van der Waals surface area contributed by atoms with Crippen molar-refractivity contribution in [2.45, 2.75) is 38.8 Å². The quantitative estimate of drug-likeness (QED) is 0.439. The summed E-state index contributed by atoms with van der Waals surface area (Å²) in [5.74, 6) is 1.32. The van der Waals surface area contributed by atoms with E-state index in [1.807, 2.05) is 32.0 Å². The molecule has 30 heavy (non-hydrogen) atoms. The van der Waals surface area contributed by atoms with Crippen LogP contribution in [0.5, 0.6) is 5.75 Å². The van der Waals surface area contributed by atoms with Gasteiger partial charge in [-0.2, -0.15) is 10.2 Å². The zero-order chi connectivity index (χ0) is 21.3. The first-order chi connectivity index (χ1) is 14.5. The summed E-state index contributed by atoms with van der Waals surface area (Å²) in [4.78, 5) is 4.56. The van der Waals surface area contributed by atoms with Crippen molar-refractivity contribution < 1.29 is 9.26 Å². The number of nitrogens with one attached hydrogen (secondary N) is 2. The fourth-order valence-electron chi connectivity index (χ4n) is 3.76. The van der Waals surface area contributed by atoms with Crippen molar-refractivity contribution >= 4 is 5.96 Å². The molecule has 0 bridgehead atoms. The van der Waals surface area contributed by atoms with Gasteiger partial charge >= 0.3 is 0 Å². The zero-order valence-electron chi connectivity index (χ0n) is 16.8. The molecule has 0 saturated carbocycles. The summed E-state index contributed by atoms with van der Waals surface area (Å²) in [6, 6.07) is 13.3. The Balaban J connectivity index is 1.66. The summed E-state index contributed by atoms with van der Waals surface area (Å²) in [5, 5.41) is 24.1. The van der Waals surface area contributed by atoms with Gasteiger partial charge < -0.3 is 20.3 Å². The van der Waals surface area contributed by atoms with E-state index in [1.165, 1.54) is 0 Å². The molecule has 0 radical (unpaired) electrons. The molecular weight excluding hydrogens is 380 g/mol. The van der Waals surface area contributed by atoms with Crippen molar-refractivity contribution in [3.05, 3.63) is 53.1 Å². The van der Waals surface area contributed by atoms with Gasteiger partial charge in [0.25, 0.3) is 5.89 Å². The van der Waals surface area contributed by atoms with Crippen LogP contribution in [0.2, 0.25) is 0 Å². The van der Waals surface area contributed by atoms with Gasteiger partial charge in [-0.1, -0.05) is 23.4 Å². The van der Waals surface area contributed by atoms with E-state index in [-0.39, 0.29) is 18.1 Å². The molecule has 8 heteroatoms. The van der Waals surface area contributed by atoms with Gasteiger partial charge in [0.05, 0.1) is 17.7 Å². The number of nitrogens with two attached hydrogens (primary N) is 1. The largest absolute Gasteiger partial charge is 0.490 e. The summed E-state index contributed by atoms with van der Waals surface area (Å²) in [6.45, 7) is 3.82. The maximum atomic E-state index is 9.45. The normalized spacial score (nSPS) is 14.9. The Hall–Kier alpha value is -3.86. The Morgan fingerprint density at radius 2 is 2.20 bits per heavy atom. The van der Waals surface area contributed by atoms with Crippen LogP contribution >= 0.6 is 0 Å². The fourth-order valence-corrected chi connectivity index (χ4v) is 3.76. The van der Waals surface area contributed by atoms with E-state index in [2.05, 4.69) is 21.5 Å². The summed E-state index contributed by atoms with van der Waals surface area (Å²) >= 11 is 0. The third-order valence-electron chi connectivity index (χ3n) is 4.98. The Labute approximate surface area is 174 Å². The first kappa shape index (κ1) is 19.5. The maximum Gasteiger partial charge on any atom is 0.258 e. The number of benzene rings is 2. The Bertz CT molecular complexity index is 1140. The van der Waals surface area contributed by atoms with Crippen LogP contribution < -0.4 is 15.8 Å². The average Bonchev–Trinajstić information content (AvgIpc) is 3.35. The highest BCUT2D eigenvalue weighted by Crippen LogP contribution is 2.37. The van der Waals surface area contributed by atoms with Gasteiger partial charge in [-0.05, 0) is 56.0 Å². The molecule has 0 amide bonds. The Morgan fingerprint density at radius 1 is 1.37 bits per heavy atom. The molecule has 152 valence electrons. The van der Waals surface area contributed by atoms with Crippen LogP contribution in [-0.4, -0.2) is 22.2 Å². The monoisotopic (exact) mass is 402 g/mol. The second-order valence-electron chi connectivity index (χ2n) is 7.44. The topological polar surface area (TPSA) is 134 Å². The third kappa shape index (κ3) is 3.70. The molecular formula is C22H22N6O2. The number of nitrogens with zero attached hydrogens (tertiary/aromatic N) is 3. The molecule has 1 atom stereocenters. The lowest BCUT2D eigenvalue weighted by atomic mass is 10.0. The van der Waals surface area contributed by atoms with Gasteiger partial charge in [0.1, 0.15) is 11.8 Å². The number of rotatable bonds is 5. The van der Waals surface area contributed by atoms with Crippen molar-refractivity contribution in [2.24, 2.45) is 5.73 Å². The van der Waals surface area contributed by atoms with Crippen molar-refractivity contribution in [2.75, 3.05) is 0 Å². The van der Waals surface area contributed by atoms with Crippen molar-refractivity contribution in [3.63, 3.8) is 0 Å². The van der Waals surface area contributed by atoms with Gasteiger partial charge in [-0.15, -0.1) is 0 Å². The number of ether oxygens (including phenoxy) is 1. The van der Waals surface area contributed by atoms with Gasteiger partial charge in [-0.25, -0.2) is 0 Å².